The lowest BCUT2D eigenvalue weighted by Gasteiger charge is -2.00. The zero-order valence-electron chi connectivity index (χ0n) is 6.64. The summed E-state index contributed by atoms with van der Waals surface area (Å²) in [6.07, 6.45) is 2.68. The smallest absolute Gasteiger partial charge is 0.133 e. The fourth-order valence-electron chi connectivity index (χ4n) is 0.544. The third kappa shape index (κ3) is 3.28. The predicted molar refractivity (Wildman–Crippen MR) is 53.2 cm³/mol. The molecule has 0 N–H and O–H groups in total. The van der Waals surface area contributed by atoms with Gasteiger partial charge in [-0.1, -0.05) is 16.9 Å². The van der Waals surface area contributed by atoms with Crippen LogP contribution >= 0.6 is 21.6 Å². The third-order valence-corrected chi connectivity index (χ3v) is 3.75. The molecule has 0 amide bonds. The van der Waals surface area contributed by atoms with Crippen LogP contribution in [0.1, 0.15) is 6.92 Å². The van der Waals surface area contributed by atoms with Gasteiger partial charge in [-0.05, 0) is 29.9 Å². The highest BCUT2D eigenvalue weighted by Gasteiger charge is 2.01. The van der Waals surface area contributed by atoms with E-state index in [0.717, 1.165) is 11.3 Å². The van der Waals surface area contributed by atoms with Gasteiger partial charge >= 0.3 is 0 Å². The second kappa shape index (κ2) is 5.22. The van der Waals surface area contributed by atoms with E-state index in [2.05, 4.69) is 4.98 Å². The number of aldehydes is 1. The summed E-state index contributed by atoms with van der Waals surface area (Å²) in [6, 6.07) is 5.73. The molecule has 1 atom stereocenters. The average Bonchev–Trinajstić information content (AvgIpc) is 2.16. The minimum Gasteiger partial charge on any atom is -0.302 e. The largest absolute Gasteiger partial charge is 0.302 e. The van der Waals surface area contributed by atoms with Gasteiger partial charge in [0.05, 0.1) is 5.25 Å². The summed E-state index contributed by atoms with van der Waals surface area (Å²) in [7, 11) is 3.04. The van der Waals surface area contributed by atoms with Crippen molar-refractivity contribution in [1.29, 1.82) is 0 Å². The number of rotatable bonds is 4. The van der Waals surface area contributed by atoms with E-state index in [1.165, 1.54) is 21.6 Å². The highest BCUT2D eigenvalue weighted by molar-refractivity contribution is 8.77. The zero-order chi connectivity index (χ0) is 8.81. The molecule has 1 aromatic rings. The zero-order valence-corrected chi connectivity index (χ0v) is 8.27. The van der Waals surface area contributed by atoms with Crippen molar-refractivity contribution in [2.24, 2.45) is 0 Å². The van der Waals surface area contributed by atoms with Crippen LogP contribution in [0.2, 0.25) is 0 Å². The Balaban J connectivity index is 2.38. The maximum atomic E-state index is 10.3. The standard InChI is InChI=1S/C8H9NOS2/c1-7(6-10)11-12-8-4-2-3-5-9-8/h2-7H,1H3. The topological polar surface area (TPSA) is 30.0 Å². The molecule has 0 aliphatic carbocycles. The van der Waals surface area contributed by atoms with Crippen LogP contribution in [0.25, 0.3) is 0 Å². The molecule has 0 saturated carbocycles. The molecule has 64 valence electrons. The van der Waals surface area contributed by atoms with Crippen molar-refractivity contribution in [1.82, 2.24) is 4.98 Å². The molecule has 12 heavy (non-hydrogen) atoms. The summed E-state index contributed by atoms with van der Waals surface area (Å²) in [5.74, 6) is 0. The number of pyridine rings is 1. The number of hydrogen-bond donors (Lipinski definition) is 0. The monoisotopic (exact) mass is 199 g/mol. The van der Waals surface area contributed by atoms with Gasteiger partial charge in [-0.3, -0.25) is 0 Å². The van der Waals surface area contributed by atoms with Gasteiger partial charge < -0.3 is 4.79 Å². The molecule has 0 spiro atoms. The Bertz CT molecular complexity index is 240. The van der Waals surface area contributed by atoms with Gasteiger partial charge in [0.1, 0.15) is 11.3 Å². The van der Waals surface area contributed by atoms with Crippen LogP contribution in [-0.2, 0) is 4.79 Å². The van der Waals surface area contributed by atoms with Gasteiger partial charge in [0.15, 0.2) is 0 Å². The van der Waals surface area contributed by atoms with Crippen LogP contribution in [0.4, 0.5) is 0 Å². The van der Waals surface area contributed by atoms with E-state index in [4.69, 9.17) is 0 Å². The third-order valence-electron chi connectivity index (χ3n) is 1.11. The van der Waals surface area contributed by atoms with Gasteiger partial charge in [0.2, 0.25) is 0 Å². The molecular weight excluding hydrogens is 190 g/mol. The second-order valence-corrected chi connectivity index (χ2v) is 4.79. The summed E-state index contributed by atoms with van der Waals surface area (Å²) in [5.41, 5.74) is 0. The van der Waals surface area contributed by atoms with E-state index in [1.54, 1.807) is 6.20 Å². The van der Waals surface area contributed by atoms with Crippen LogP contribution in [-0.4, -0.2) is 16.5 Å². The van der Waals surface area contributed by atoms with Gasteiger partial charge in [0.25, 0.3) is 0 Å². The highest BCUT2D eigenvalue weighted by Crippen LogP contribution is 2.31. The van der Waals surface area contributed by atoms with E-state index in [-0.39, 0.29) is 5.25 Å². The van der Waals surface area contributed by atoms with E-state index < -0.39 is 0 Å². The maximum Gasteiger partial charge on any atom is 0.133 e. The lowest BCUT2D eigenvalue weighted by Crippen LogP contribution is -1.92. The molecule has 0 aromatic carbocycles. The first-order chi connectivity index (χ1) is 5.83. The molecule has 1 aromatic heterocycles. The Hall–Kier alpha value is -0.480. The predicted octanol–water partition coefficient (Wildman–Crippen LogP) is 2.41. The van der Waals surface area contributed by atoms with Crippen molar-refractivity contribution in [2.45, 2.75) is 17.2 Å². The second-order valence-electron chi connectivity index (χ2n) is 2.19. The average molecular weight is 199 g/mol. The Labute approximate surface area is 79.6 Å². The molecule has 1 rings (SSSR count). The van der Waals surface area contributed by atoms with Gasteiger partial charge in [-0.2, -0.15) is 0 Å². The molecule has 1 heterocycles. The van der Waals surface area contributed by atoms with Crippen LogP contribution in [0.5, 0.6) is 0 Å². The fourth-order valence-corrected chi connectivity index (χ4v) is 2.26. The van der Waals surface area contributed by atoms with Crippen LogP contribution in [0, 0.1) is 0 Å². The van der Waals surface area contributed by atoms with Gasteiger partial charge in [-0.25, -0.2) is 4.98 Å². The molecule has 0 saturated heterocycles. The lowest BCUT2D eigenvalue weighted by molar-refractivity contribution is -0.107. The van der Waals surface area contributed by atoms with E-state index in [1.807, 2.05) is 25.1 Å². The molecule has 0 aliphatic rings. The van der Waals surface area contributed by atoms with Crippen LogP contribution in [0.3, 0.4) is 0 Å². The Morgan fingerprint density at radius 3 is 3.00 bits per heavy atom. The molecule has 1 unspecified atom stereocenters. The van der Waals surface area contributed by atoms with Crippen molar-refractivity contribution in [3.63, 3.8) is 0 Å². The number of carbonyl (C=O) groups excluding carboxylic acids is 1. The summed E-state index contributed by atoms with van der Waals surface area (Å²) in [6.45, 7) is 1.87. The number of nitrogens with zero attached hydrogens (tertiary/aromatic N) is 1. The Kier molecular flexibility index (Phi) is 4.18. The summed E-state index contributed by atoms with van der Waals surface area (Å²) < 4.78 is 0. The van der Waals surface area contributed by atoms with Crippen molar-refractivity contribution in [2.75, 3.05) is 0 Å². The van der Waals surface area contributed by atoms with Crippen molar-refractivity contribution < 1.29 is 4.79 Å². The minimum atomic E-state index is 0.0250. The summed E-state index contributed by atoms with van der Waals surface area (Å²) in [5, 5.41) is 0.966. The minimum absolute atomic E-state index is 0.0250. The summed E-state index contributed by atoms with van der Waals surface area (Å²) >= 11 is 0. The molecule has 0 bridgehead atoms. The van der Waals surface area contributed by atoms with Gasteiger partial charge in [-0.15, -0.1) is 0 Å². The first-order valence-corrected chi connectivity index (χ1v) is 5.74. The van der Waals surface area contributed by atoms with Crippen LogP contribution < -0.4 is 0 Å². The normalized spacial score (nSPS) is 12.4. The van der Waals surface area contributed by atoms with E-state index in [9.17, 15) is 4.79 Å². The van der Waals surface area contributed by atoms with Crippen molar-refractivity contribution in [3.05, 3.63) is 24.4 Å². The summed E-state index contributed by atoms with van der Waals surface area (Å²) in [4.78, 5) is 14.4. The number of carbonyl (C=O) groups is 1. The number of hydrogen-bond acceptors (Lipinski definition) is 4. The first kappa shape index (κ1) is 9.61. The fraction of sp³-hybridized carbons (Fsp3) is 0.250. The lowest BCUT2D eigenvalue weighted by atomic mass is 10.5. The number of aromatic nitrogens is 1. The van der Waals surface area contributed by atoms with E-state index in [0.29, 0.717) is 0 Å². The molecule has 4 heteroatoms. The molecule has 0 fully saturated rings. The maximum absolute atomic E-state index is 10.3. The molecule has 0 radical (unpaired) electrons. The molecule has 0 aliphatic heterocycles. The SMILES string of the molecule is CC(C=O)SSc1ccccn1. The van der Waals surface area contributed by atoms with Crippen molar-refractivity contribution >= 4 is 27.9 Å². The Morgan fingerprint density at radius 2 is 2.42 bits per heavy atom. The Morgan fingerprint density at radius 1 is 1.58 bits per heavy atom. The molecule has 2 nitrogen and oxygen atoms in total. The van der Waals surface area contributed by atoms with Gasteiger partial charge in [0, 0.05) is 6.20 Å². The first-order valence-electron chi connectivity index (χ1n) is 3.52. The molecular formula is C8H9NOS2. The van der Waals surface area contributed by atoms with E-state index >= 15 is 0 Å². The van der Waals surface area contributed by atoms with Crippen molar-refractivity contribution in [3.8, 4) is 0 Å². The highest BCUT2D eigenvalue weighted by atomic mass is 33.1. The quantitative estimate of drug-likeness (QED) is 0.550. The van der Waals surface area contributed by atoms with Crippen LogP contribution in [0.15, 0.2) is 29.4 Å².